The van der Waals surface area contributed by atoms with Crippen LogP contribution in [0.5, 0.6) is 5.75 Å². The van der Waals surface area contributed by atoms with E-state index in [0.717, 1.165) is 35.5 Å². The Balaban J connectivity index is 0.00000507. The number of anilines is 1. The molecule has 3 aromatic rings. The summed E-state index contributed by atoms with van der Waals surface area (Å²) < 4.78 is 8.42. The van der Waals surface area contributed by atoms with Crippen molar-refractivity contribution in [1.82, 2.24) is 0 Å². The molecule has 0 fully saturated rings. The zero-order chi connectivity index (χ0) is 26.7. The van der Waals surface area contributed by atoms with E-state index < -0.39 is 0 Å². The smallest absolute Gasteiger partial charge is 0.255 e. The number of carbonyl (C=O) groups is 1. The second-order valence-corrected chi connectivity index (χ2v) is 12.2. The third kappa shape index (κ3) is 10.5. The van der Waals surface area contributed by atoms with Crippen LogP contribution in [0.25, 0.3) is 0 Å². The number of nitrogens with one attached hydrogen (secondary N) is 1. The molecule has 0 aliphatic heterocycles. The summed E-state index contributed by atoms with van der Waals surface area (Å²) in [6.45, 7) is 12.4. The van der Waals surface area contributed by atoms with Gasteiger partial charge < -0.3 is 27.0 Å². The number of amides is 1. The summed E-state index contributed by atoms with van der Waals surface area (Å²) in [5, 5.41) is 3.08. The molecule has 208 valence electrons. The number of ether oxygens (including phenoxy) is 1. The van der Waals surface area contributed by atoms with Gasteiger partial charge >= 0.3 is 0 Å². The first-order valence-electron chi connectivity index (χ1n) is 13.9. The minimum absolute atomic E-state index is 0. The molecule has 1 heterocycles. The Morgan fingerprint density at radius 2 is 1.68 bits per heavy atom. The molecule has 0 spiro atoms. The standard InChI is InChI=1S/C32H44N2O2S.BrH/c1-6-7-8-9-10-11-12-13-19-36-30-21-27(17-18-29(30)32(3,4)5)31(35)33-28-16-14-15-26(20-28)23-34-22-25(2)37-24-34;/h14-18,20-22,24H,6-13,19,23H2,1-5H3;1H. The van der Waals surface area contributed by atoms with Gasteiger partial charge in [-0.2, -0.15) is 4.57 Å². The Kier molecular flexibility index (Phi) is 13.5. The van der Waals surface area contributed by atoms with E-state index in [4.69, 9.17) is 4.74 Å². The molecule has 1 N–H and O–H groups in total. The van der Waals surface area contributed by atoms with Crippen LogP contribution in [0.1, 0.15) is 105 Å². The number of benzene rings is 2. The van der Waals surface area contributed by atoms with E-state index in [1.165, 1.54) is 49.8 Å². The maximum absolute atomic E-state index is 13.2. The number of aromatic nitrogens is 1. The molecule has 3 rings (SSSR count). The Morgan fingerprint density at radius 1 is 0.974 bits per heavy atom. The van der Waals surface area contributed by atoms with Crippen LogP contribution in [0, 0.1) is 6.92 Å². The molecule has 0 radical (unpaired) electrons. The molecule has 38 heavy (non-hydrogen) atoms. The molecule has 2 aromatic carbocycles. The molecule has 0 atom stereocenters. The summed E-state index contributed by atoms with van der Waals surface area (Å²) in [5.74, 6) is 0.703. The quantitative estimate of drug-likeness (QED) is 0.197. The third-order valence-corrected chi connectivity index (χ3v) is 7.43. The number of nitrogens with zero attached hydrogens (tertiary/aromatic N) is 1. The SMILES string of the molecule is CCCCCCCCCCOc1cc(C(=O)Nc2cccc(C[n+]3csc(C)c3)c2)ccc1C(C)(C)C.[Br-]. The molecule has 0 unspecified atom stereocenters. The van der Waals surface area contributed by atoms with E-state index in [9.17, 15) is 4.79 Å². The van der Waals surface area contributed by atoms with Crippen molar-refractivity contribution in [1.29, 1.82) is 0 Å². The molecular weight excluding hydrogens is 556 g/mol. The maximum atomic E-state index is 13.2. The summed E-state index contributed by atoms with van der Waals surface area (Å²) in [5.41, 5.74) is 5.76. The number of aryl methyl sites for hydroxylation is 1. The van der Waals surface area contributed by atoms with Crippen molar-refractivity contribution in [3.8, 4) is 5.75 Å². The number of thiazole rings is 1. The highest BCUT2D eigenvalue weighted by Crippen LogP contribution is 2.32. The highest BCUT2D eigenvalue weighted by Gasteiger charge is 2.21. The molecule has 0 saturated carbocycles. The van der Waals surface area contributed by atoms with Gasteiger partial charge in [0.15, 0.2) is 12.7 Å². The summed E-state index contributed by atoms with van der Waals surface area (Å²) in [7, 11) is 0. The van der Waals surface area contributed by atoms with Gasteiger partial charge in [-0.15, -0.1) is 0 Å². The molecular formula is C32H45BrN2O2S. The fraction of sp³-hybridized carbons (Fsp3) is 0.500. The molecule has 4 nitrogen and oxygen atoms in total. The number of carbonyl (C=O) groups excluding carboxylic acids is 1. The van der Waals surface area contributed by atoms with E-state index in [-0.39, 0.29) is 28.3 Å². The van der Waals surface area contributed by atoms with E-state index in [0.29, 0.717) is 12.2 Å². The summed E-state index contributed by atoms with van der Waals surface area (Å²) in [6.07, 6.45) is 12.3. The minimum atomic E-state index is -0.117. The van der Waals surface area contributed by atoms with Crippen LogP contribution in [0.3, 0.4) is 0 Å². The lowest BCUT2D eigenvalue weighted by Gasteiger charge is -2.23. The summed E-state index contributed by atoms with van der Waals surface area (Å²) in [4.78, 5) is 14.4. The first-order chi connectivity index (χ1) is 17.8. The minimum Gasteiger partial charge on any atom is -1.00 e. The molecule has 0 aliphatic rings. The van der Waals surface area contributed by atoms with Gasteiger partial charge in [0, 0.05) is 16.8 Å². The average molecular weight is 602 g/mol. The van der Waals surface area contributed by atoms with Gasteiger partial charge in [0.05, 0.1) is 11.5 Å². The fourth-order valence-electron chi connectivity index (χ4n) is 4.51. The van der Waals surface area contributed by atoms with Gasteiger partial charge in [0.1, 0.15) is 5.75 Å². The number of unbranched alkanes of at least 4 members (excludes halogenated alkanes) is 7. The predicted octanol–water partition coefficient (Wildman–Crippen LogP) is 5.47. The molecule has 1 amide bonds. The van der Waals surface area contributed by atoms with Crippen molar-refractivity contribution in [2.75, 3.05) is 11.9 Å². The van der Waals surface area contributed by atoms with Gasteiger partial charge in [-0.1, -0.05) is 102 Å². The van der Waals surface area contributed by atoms with Crippen LogP contribution < -0.4 is 31.6 Å². The van der Waals surface area contributed by atoms with Crippen molar-refractivity contribution in [2.24, 2.45) is 0 Å². The van der Waals surface area contributed by atoms with Crippen LogP contribution in [0.4, 0.5) is 5.69 Å². The van der Waals surface area contributed by atoms with Crippen molar-refractivity contribution in [3.05, 3.63) is 75.7 Å². The number of hydrogen-bond donors (Lipinski definition) is 1. The summed E-state index contributed by atoms with van der Waals surface area (Å²) in [6, 6.07) is 13.9. The lowest BCUT2D eigenvalue weighted by molar-refractivity contribution is -0.683. The Hall–Kier alpha value is -2.18. The Labute approximate surface area is 244 Å². The van der Waals surface area contributed by atoms with E-state index in [1.54, 1.807) is 11.3 Å². The monoisotopic (exact) mass is 600 g/mol. The zero-order valence-electron chi connectivity index (χ0n) is 23.8. The second kappa shape index (κ2) is 16.0. The molecule has 1 aromatic heterocycles. The summed E-state index contributed by atoms with van der Waals surface area (Å²) >= 11 is 1.73. The van der Waals surface area contributed by atoms with Crippen molar-refractivity contribution in [3.63, 3.8) is 0 Å². The van der Waals surface area contributed by atoms with Gasteiger partial charge in [0.25, 0.3) is 5.91 Å². The molecule has 0 saturated heterocycles. The number of hydrogen-bond acceptors (Lipinski definition) is 3. The van der Waals surface area contributed by atoms with E-state index >= 15 is 0 Å². The lowest BCUT2D eigenvalue weighted by atomic mass is 9.85. The first kappa shape index (κ1) is 32.0. The van der Waals surface area contributed by atoms with Crippen LogP contribution in [0.2, 0.25) is 0 Å². The second-order valence-electron chi connectivity index (χ2n) is 11.1. The highest BCUT2D eigenvalue weighted by molar-refractivity contribution is 7.09. The van der Waals surface area contributed by atoms with Crippen LogP contribution in [-0.2, 0) is 12.0 Å². The van der Waals surface area contributed by atoms with Crippen molar-refractivity contribution in [2.45, 2.75) is 97.9 Å². The first-order valence-corrected chi connectivity index (χ1v) is 14.8. The van der Waals surface area contributed by atoms with Gasteiger partial charge in [-0.25, -0.2) is 0 Å². The third-order valence-electron chi connectivity index (χ3n) is 6.58. The maximum Gasteiger partial charge on any atom is 0.255 e. The fourth-order valence-corrected chi connectivity index (χ4v) is 5.14. The van der Waals surface area contributed by atoms with E-state index in [1.807, 2.05) is 36.4 Å². The van der Waals surface area contributed by atoms with Crippen LogP contribution in [-0.4, -0.2) is 12.5 Å². The van der Waals surface area contributed by atoms with Crippen LogP contribution >= 0.6 is 11.3 Å². The topological polar surface area (TPSA) is 42.2 Å². The van der Waals surface area contributed by atoms with Crippen molar-refractivity contribution >= 4 is 22.9 Å². The van der Waals surface area contributed by atoms with Gasteiger partial charge in [-0.3, -0.25) is 4.79 Å². The number of halogens is 1. The molecule has 6 heteroatoms. The van der Waals surface area contributed by atoms with E-state index in [2.05, 4.69) is 62.3 Å². The number of rotatable bonds is 14. The Bertz CT molecular complexity index is 1140. The Morgan fingerprint density at radius 3 is 2.34 bits per heavy atom. The van der Waals surface area contributed by atoms with Gasteiger partial charge in [0.2, 0.25) is 5.51 Å². The van der Waals surface area contributed by atoms with Crippen molar-refractivity contribution < 1.29 is 31.1 Å². The largest absolute Gasteiger partial charge is 1.00 e. The van der Waals surface area contributed by atoms with Crippen LogP contribution in [0.15, 0.2) is 54.2 Å². The zero-order valence-corrected chi connectivity index (χ0v) is 26.2. The highest BCUT2D eigenvalue weighted by atomic mass is 79.9. The lowest BCUT2D eigenvalue weighted by Crippen LogP contribution is -3.00. The predicted molar refractivity (Wildman–Crippen MR) is 156 cm³/mol. The molecule has 0 bridgehead atoms. The normalized spacial score (nSPS) is 11.2. The average Bonchev–Trinajstić information content (AvgIpc) is 3.26. The molecule has 0 aliphatic carbocycles. The van der Waals surface area contributed by atoms with Gasteiger partial charge in [-0.05, 0) is 48.6 Å².